The molecule has 0 aromatic heterocycles. The molecule has 480 valence electrons. The number of hydrogen-bond acceptors (Lipinski definition) is 0. The first-order valence-electron chi connectivity index (χ1n) is 27.8. The number of fused-ring (bicyclic) bond motifs is 13. The molecule has 4 aliphatic rings. The van der Waals surface area contributed by atoms with Gasteiger partial charge in [-0.25, -0.2) is 0 Å². The van der Waals surface area contributed by atoms with E-state index in [1.165, 1.54) is 18.2 Å². The molecular weight excluding hydrogens is 1300 g/mol. The van der Waals surface area contributed by atoms with Gasteiger partial charge in [-0.05, 0) is 193 Å². The fourth-order valence-corrected chi connectivity index (χ4v) is 15.0. The highest BCUT2D eigenvalue weighted by atomic mass is 19.4. The summed E-state index contributed by atoms with van der Waals surface area (Å²) in [4.78, 5) is 0. The SMILES string of the molecule is FC(F)(F)C1(C(F)(F)F)c2ccccc2-c2ccc(-c3ccc4c(c3)C(C(F)(F)F)(C(F)(F)F)c3cc(-c5ccc6c(c5)C(C(F)(F)F)(C(F)(F)F)c5cc(-c7ccc8c(c7)C(C(F)(F)F)(C(F)(F)F)c7cc(-c9ccc%10ccccc%10c9)ccc7-8)ccc5-6)ccc3-4)cc21. The van der Waals surface area contributed by atoms with Gasteiger partial charge in [0.2, 0.25) is 21.7 Å². The first-order valence-corrected chi connectivity index (χ1v) is 27.8. The lowest BCUT2D eigenvalue weighted by Crippen LogP contribution is -2.53. The van der Waals surface area contributed by atoms with Crippen molar-refractivity contribution in [2.24, 2.45) is 0 Å². The molecule has 0 atom stereocenters. The molecule has 0 amide bonds. The van der Waals surface area contributed by atoms with Gasteiger partial charge in [-0.1, -0.05) is 146 Å². The van der Waals surface area contributed by atoms with Gasteiger partial charge in [0.25, 0.3) is 0 Å². The van der Waals surface area contributed by atoms with Crippen LogP contribution in [-0.4, -0.2) is 49.4 Å². The molecule has 0 bridgehead atoms. The average molecular weight is 1330 g/mol. The zero-order chi connectivity index (χ0) is 67.6. The highest BCUT2D eigenvalue weighted by Crippen LogP contribution is 2.70. The first-order chi connectivity index (χ1) is 43.7. The zero-order valence-electron chi connectivity index (χ0n) is 46.5. The molecule has 0 spiro atoms. The lowest BCUT2D eigenvalue weighted by atomic mass is 9.74. The van der Waals surface area contributed by atoms with Gasteiger partial charge < -0.3 is 0 Å². The lowest BCUT2D eigenvalue weighted by molar-refractivity contribution is -0.288. The van der Waals surface area contributed by atoms with Crippen molar-refractivity contribution in [1.29, 1.82) is 0 Å². The molecule has 10 aromatic carbocycles. The molecule has 94 heavy (non-hydrogen) atoms. The smallest absolute Gasteiger partial charge is 0.169 e. The first kappa shape index (κ1) is 62.2. The summed E-state index contributed by atoms with van der Waals surface area (Å²) < 4.78 is 377. The van der Waals surface area contributed by atoms with Crippen molar-refractivity contribution in [2.45, 2.75) is 71.1 Å². The Balaban J connectivity index is 0.883. The number of benzene rings is 10. The van der Waals surface area contributed by atoms with Gasteiger partial charge in [0.05, 0.1) is 0 Å². The van der Waals surface area contributed by atoms with E-state index in [4.69, 9.17) is 0 Å². The second-order valence-corrected chi connectivity index (χ2v) is 23.4. The van der Waals surface area contributed by atoms with Crippen LogP contribution in [0.5, 0.6) is 0 Å². The molecular formula is C70H32F24. The third kappa shape index (κ3) is 7.90. The minimum Gasteiger partial charge on any atom is -0.169 e. The van der Waals surface area contributed by atoms with Crippen molar-refractivity contribution in [1.82, 2.24) is 0 Å². The van der Waals surface area contributed by atoms with Gasteiger partial charge in [0.15, 0.2) is 0 Å². The minimum atomic E-state index is -6.49. The molecule has 4 aliphatic carbocycles. The Kier molecular flexibility index (Phi) is 12.7. The Hall–Kier alpha value is -9.22. The molecule has 10 aromatic rings. The van der Waals surface area contributed by atoms with Gasteiger partial charge >= 0.3 is 49.4 Å². The van der Waals surface area contributed by atoms with Crippen LogP contribution in [-0.2, 0) is 21.7 Å². The topological polar surface area (TPSA) is 0 Å². The van der Waals surface area contributed by atoms with E-state index in [1.807, 2.05) is 0 Å². The monoisotopic (exact) mass is 1330 g/mol. The fourth-order valence-electron chi connectivity index (χ4n) is 15.0. The van der Waals surface area contributed by atoms with Crippen molar-refractivity contribution in [2.75, 3.05) is 0 Å². The average Bonchev–Trinajstić information content (AvgIpc) is 1.50. The second-order valence-electron chi connectivity index (χ2n) is 23.4. The second kappa shape index (κ2) is 19.2. The Morgan fingerprint density at radius 3 is 0.585 bits per heavy atom. The van der Waals surface area contributed by atoms with Crippen molar-refractivity contribution in [3.63, 3.8) is 0 Å². The summed E-state index contributed by atoms with van der Waals surface area (Å²) in [7, 11) is 0. The fraction of sp³-hybridized carbons (Fsp3) is 0.171. The van der Waals surface area contributed by atoms with Crippen LogP contribution in [0.15, 0.2) is 194 Å². The van der Waals surface area contributed by atoms with Gasteiger partial charge in [-0.3, -0.25) is 0 Å². The van der Waals surface area contributed by atoms with Crippen molar-refractivity contribution >= 4 is 10.8 Å². The minimum absolute atomic E-state index is 0.0763. The molecule has 0 unspecified atom stereocenters. The Morgan fingerprint density at radius 1 is 0.160 bits per heavy atom. The standard InChI is InChI=1S/C70H32F24/c71-63(72,73)59(64(74,75)76)51-8-4-3-7-43(51)44-18-12-37(27-52(44)59)38-13-20-47-48-22-16-41(31-56(48)61(55(47)28-38,67(83,84)85)68(86,87)88)42-17-24-50-49-23-15-40(30-57(49)62(58(50)32-42,69(89,90)91)70(92,93)94)39-14-21-46-45-19-11-36(35-10-9-33-5-1-2-6-34(33)25-35)26-53(45)60(54(46)29-39,65(77,78)79)66(80,81)82/h1-32H. The Bertz CT molecular complexity index is 4810. The van der Waals surface area contributed by atoms with E-state index < -0.39 is 193 Å². The summed E-state index contributed by atoms with van der Waals surface area (Å²) >= 11 is 0. The molecule has 0 N–H and O–H groups in total. The third-order valence-corrected chi connectivity index (χ3v) is 18.9. The van der Waals surface area contributed by atoms with E-state index in [1.54, 1.807) is 30.3 Å². The van der Waals surface area contributed by atoms with Crippen LogP contribution in [0.3, 0.4) is 0 Å². The Labute approximate surface area is 513 Å². The molecule has 0 saturated carbocycles. The molecule has 0 heterocycles. The van der Waals surface area contributed by atoms with E-state index >= 15 is 105 Å². The van der Waals surface area contributed by atoms with Crippen LogP contribution in [0.1, 0.15) is 44.5 Å². The van der Waals surface area contributed by atoms with E-state index in [-0.39, 0.29) is 35.4 Å². The maximum atomic E-state index is 16.1. The zero-order valence-corrected chi connectivity index (χ0v) is 46.5. The van der Waals surface area contributed by atoms with Crippen LogP contribution in [0.4, 0.5) is 105 Å². The van der Waals surface area contributed by atoms with Gasteiger partial charge in [-0.2, -0.15) is 105 Å². The number of rotatable bonds is 4. The number of alkyl halides is 24. The molecule has 0 saturated heterocycles. The molecule has 0 aliphatic heterocycles. The summed E-state index contributed by atoms with van der Waals surface area (Å²) in [5.74, 6) is 0. The van der Waals surface area contributed by atoms with Gasteiger partial charge in [0, 0.05) is 0 Å². The maximum Gasteiger partial charge on any atom is 0.411 e. The summed E-state index contributed by atoms with van der Waals surface area (Å²) in [5, 5.41) is 1.27. The number of hydrogen-bond donors (Lipinski definition) is 0. The van der Waals surface area contributed by atoms with Crippen LogP contribution in [0, 0.1) is 0 Å². The highest BCUT2D eigenvalue weighted by molar-refractivity contribution is 5.94. The highest BCUT2D eigenvalue weighted by Gasteiger charge is 2.79. The Morgan fingerprint density at radius 2 is 0.340 bits per heavy atom. The van der Waals surface area contributed by atoms with Crippen molar-refractivity contribution < 1.29 is 105 Å². The lowest BCUT2D eigenvalue weighted by Gasteiger charge is -2.37. The van der Waals surface area contributed by atoms with Crippen LogP contribution in [0.2, 0.25) is 0 Å². The van der Waals surface area contributed by atoms with E-state index in [0.717, 1.165) is 72.8 Å². The maximum absolute atomic E-state index is 16.1. The van der Waals surface area contributed by atoms with Crippen molar-refractivity contribution in [3.05, 3.63) is 239 Å². The van der Waals surface area contributed by atoms with E-state index in [2.05, 4.69) is 0 Å². The predicted octanol–water partition coefficient (Wildman–Crippen LogP) is 23.1. The molecule has 24 heteroatoms. The number of halogens is 24. The summed E-state index contributed by atoms with van der Waals surface area (Å²) in [6, 6.07) is 28.8. The van der Waals surface area contributed by atoms with Crippen LogP contribution < -0.4 is 0 Å². The molecule has 0 fully saturated rings. The summed E-state index contributed by atoms with van der Waals surface area (Å²) in [6.07, 6.45) is -50.6. The van der Waals surface area contributed by atoms with Gasteiger partial charge in [-0.15, -0.1) is 0 Å². The van der Waals surface area contributed by atoms with Crippen LogP contribution >= 0.6 is 0 Å². The summed E-state index contributed by atoms with van der Waals surface area (Å²) in [6.45, 7) is 0. The van der Waals surface area contributed by atoms with Crippen molar-refractivity contribution in [3.8, 4) is 89.0 Å². The summed E-state index contributed by atoms with van der Waals surface area (Å²) in [5.41, 5.74) is -42.3. The molecule has 0 nitrogen and oxygen atoms in total. The largest absolute Gasteiger partial charge is 0.411 e. The normalized spacial score (nSPS) is 16.6. The van der Waals surface area contributed by atoms with E-state index in [0.29, 0.717) is 59.3 Å². The van der Waals surface area contributed by atoms with Crippen LogP contribution in [0.25, 0.3) is 99.8 Å². The molecule has 0 radical (unpaired) electrons. The quantitative estimate of drug-likeness (QED) is 0.154. The third-order valence-electron chi connectivity index (χ3n) is 18.9. The van der Waals surface area contributed by atoms with Gasteiger partial charge in [0.1, 0.15) is 0 Å². The predicted molar refractivity (Wildman–Crippen MR) is 299 cm³/mol. The molecule has 14 rings (SSSR count). The van der Waals surface area contributed by atoms with E-state index in [9.17, 15) is 0 Å².